The third-order valence-corrected chi connectivity index (χ3v) is 4.08. The van der Waals surface area contributed by atoms with E-state index in [4.69, 9.17) is 10.5 Å². The van der Waals surface area contributed by atoms with E-state index in [-0.39, 0.29) is 18.2 Å². The van der Waals surface area contributed by atoms with Gasteiger partial charge in [-0.1, -0.05) is 12.8 Å². The van der Waals surface area contributed by atoms with E-state index < -0.39 is 5.60 Å². The highest BCUT2D eigenvalue weighted by Gasteiger charge is 2.41. The van der Waals surface area contributed by atoms with Crippen molar-refractivity contribution in [3.63, 3.8) is 0 Å². The molecule has 2 atom stereocenters. The van der Waals surface area contributed by atoms with Crippen molar-refractivity contribution in [3.8, 4) is 0 Å². The zero-order valence-electron chi connectivity index (χ0n) is 11.8. The summed E-state index contributed by atoms with van der Waals surface area (Å²) in [6.45, 7) is 6.49. The van der Waals surface area contributed by atoms with Crippen molar-refractivity contribution >= 4 is 6.09 Å². The predicted octanol–water partition coefficient (Wildman–Crippen LogP) is 2.51. The number of hydrogen-bond donors (Lipinski definition) is 1. The third kappa shape index (κ3) is 2.97. The van der Waals surface area contributed by atoms with Crippen LogP contribution in [0, 0.1) is 5.92 Å². The third-order valence-electron chi connectivity index (χ3n) is 4.08. The molecule has 1 amide bonds. The molecule has 0 aromatic heterocycles. The largest absolute Gasteiger partial charge is 0.444 e. The van der Waals surface area contributed by atoms with Crippen molar-refractivity contribution in [2.24, 2.45) is 11.7 Å². The molecule has 4 nitrogen and oxygen atoms in total. The number of ether oxygens (including phenoxy) is 1. The Bertz CT molecular complexity index is 305. The highest BCUT2D eigenvalue weighted by Crippen LogP contribution is 2.33. The Kier molecular flexibility index (Phi) is 3.85. The number of nitrogens with two attached hydrogens (primary N) is 1. The summed E-state index contributed by atoms with van der Waals surface area (Å²) in [7, 11) is 0. The minimum Gasteiger partial charge on any atom is -0.444 e. The summed E-state index contributed by atoms with van der Waals surface area (Å²) in [5.41, 5.74) is 5.90. The fourth-order valence-electron chi connectivity index (χ4n) is 3.01. The highest BCUT2D eigenvalue weighted by atomic mass is 16.6. The van der Waals surface area contributed by atoms with Gasteiger partial charge in [0.2, 0.25) is 0 Å². The molecular formula is C14H26N2O2. The van der Waals surface area contributed by atoms with Gasteiger partial charge in [0.1, 0.15) is 5.60 Å². The fourth-order valence-corrected chi connectivity index (χ4v) is 3.01. The summed E-state index contributed by atoms with van der Waals surface area (Å²) >= 11 is 0. The van der Waals surface area contributed by atoms with Crippen LogP contribution in [0.3, 0.4) is 0 Å². The van der Waals surface area contributed by atoms with Gasteiger partial charge in [-0.05, 0) is 46.0 Å². The molecule has 2 aliphatic rings. The summed E-state index contributed by atoms with van der Waals surface area (Å²) in [6, 6.07) is 0.330. The van der Waals surface area contributed by atoms with Crippen LogP contribution in [0.5, 0.6) is 0 Å². The molecule has 1 aliphatic heterocycles. The molecule has 2 unspecified atom stereocenters. The van der Waals surface area contributed by atoms with E-state index in [0.717, 1.165) is 13.0 Å². The van der Waals surface area contributed by atoms with E-state index >= 15 is 0 Å². The lowest BCUT2D eigenvalue weighted by Gasteiger charge is -2.45. The molecule has 0 radical (unpaired) electrons. The number of carbonyl (C=O) groups excluding carboxylic acids is 1. The van der Waals surface area contributed by atoms with Gasteiger partial charge >= 0.3 is 6.09 Å². The monoisotopic (exact) mass is 254 g/mol. The molecule has 1 saturated carbocycles. The molecule has 2 N–H and O–H groups in total. The second kappa shape index (κ2) is 5.08. The maximum Gasteiger partial charge on any atom is 0.410 e. The van der Waals surface area contributed by atoms with Crippen molar-refractivity contribution in [1.29, 1.82) is 0 Å². The van der Waals surface area contributed by atoms with Crippen LogP contribution in [-0.2, 0) is 4.74 Å². The number of likely N-dealkylation sites (tertiary alicyclic amines) is 1. The van der Waals surface area contributed by atoms with Gasteiger partial charge in [-0.25, -0.2) is 4.79 Å². The summed E-state index contributed by atoms with van der Waals surface area (Å²) in [4.78, 5) is 13.8. The summed E-state index contributed by atoms with van der Waals surface area (Å²) < 4.78 is 5.42. The molecule has 2 fully saturated rings. The smallest absolute Gasteiger partial charge is 0.410 e. The standard InChI is InChI=1S/C14H26N2O2/c1-14(2,3)18-13(17)16-9-8-11(16)12(15)10-6-4-5-7-10/h10-12H,4-9,15H2,1-3H3. The van der Waals surface area contributed by atoms with Crippen molar-refractivity contribution in [2.45, 2.75) is 70.6 Å². The first-order valence-electron chi connectivity index (χ1n) is 7.14. The van der Waals surface area contributed by atoms with Gasteiger partial charge in [0, 0.05) is 12.6 Å². The predicted molar refractivity (Wildman–Crippen MR) is 71.3 cm³/mol. The van der Waals surface area contributed by atoms with E-state index in [1.54, 1.807) is 0 Å². The molecule has 18 heavy (non-hydrogen) atoms. The number of amides is 1. The molecule has 0 aromatic rings. The second-order valence-corrected chi connectivity index (χ2v) is 6.65. The zero-order valence-corrected chi connectivity index (χ0v) is 11.8. The number of carbonyl (C=O) groups is 1. The molecule has 1 aliphatic carbocycles. The molecule has 0 spiro atoms. The van der Waals surface area contributed by atoms with Crippen molar-refractivity contribution in [2.75, 3.05) is 6.54 Å². The van der Waals surface area contributed by atoms with Crippen molar-refractivity contribution in [3.05, 3.63) is 0 Å². The Morgan fingerprint density at radius 2 is 1.89 bits per heavy atom. The van der Waals surface area contributed by atoms with Gasteiger partial charge in [0.25, 0.3) is 0 Å². The molecule has 4 heteroatoms. The van der Waals surface area contributed by atoms with Gasteiger partial charge in [-0.15, -0.1) is 0 Å². The number of nitrogens with zero attached hydrogens (tertiary/aromatic N) is 1. The normalized spacial score (nSPS) is 26.9. The Morgan fingerprint density at radius 1 is 1.28 bits per heavy atom. The Hall–Kier alpha value is -0.770. The maximum absolute atomic E-state index is 12.0. The van der Waals surface area contributed by atoms with Crippen LogP contribution in [0.4, 0.5) is 4.79 Å². The fraction of sp³-hybridized carbons (Fsp3) is 0.929. The lowest BCUT2D eigenvalue weighted by Crippen LogP contribution is -2.61. The first kappa shape index (κ1) is 13.7. The van der Waals surface area contributed by atoms with Crippen LogP contribution >= 0.6 is 0 Å². The van der Waals surface area contributed by atoms with Crippen molar-refractivity contribution < 1.29 is 9.53 Å². The summed E-state index contributed by atoms with van der Waals surface area (Å²) in [5.74, 6) is 0.597. The molecule has 0 bridgehead atoms. The average molecular weight is 254 g/mol. The maximum atomic E-state index is 12.0. The van der Waals surface area contributed by atoms with E-state index in [1.165, 1.54) is 25.7 Å². The minimum atomic E-state index is -0.422. The minimum absolute atomic E-state index is 0.133. The zero-order chi connectivity index (χ0) is 13.3. The Labute approximate surface area is 110 Å². The topological polar surface area (TPSA) is 55.6 Å². The van der Waals surface area contributed by atoms with Crippen LogP contribution in [0.25, 0.3) is 0 Å². The molecule has 104 valence electrons. The Balaban J connectivity index is 1.89. The highest BCUT2D eigenvalue weighted by molar-refractivity contribution is 5.69. The van der Waals surface area contributed by atoms with E-state index in [9.17, 15) is 4.79 Å². The van der Waals surface area contributed by atoms with Crippen LogP contribution in [0.15, 0.2) is 0 Å². The van der Waals surface area contributed by atoms with Crippen molar-refractivity contribution in [1.82, 2.24) is 4.90 Å². The first-order chi connectivity index (χ1) is 8.38. The number of hydrogen-bond acceptors (Lipinski definition) is 3. The lowest BCUT2D eigenvalue weighted by atomic mass is 9.86. The summed E-state index contributed by atoms with van der Waals surface area (Å²) in [5, 5.41) is 0. The van der Waals surface area contributed by atoms with Gasteiger partial charge in [0.05, 0.1) is 6.04 Å². The van der Waals surface area contributed by atoms with Crippen LogP contribution in [0.1, 0.15) is 52.9 Å². The van der Waals surface area contributed by atoms with Crippen LogP contribution < -0.4 is 5.73 Å². The lowest BCUT2D eigenvalue weighted by molar-refractivity contribution is -0.0141. The molecule has 1 saturated heterocycles. The molecule has 1 heterocycles. The van der Waals surface area contributed by atoms with Gasteiger partial charge in [-0.3, -0.25) is 0 Å². The quantitative estimate of drug-likeness (QED) is 0.823. The Morgan fingerprint density at radius 3 is 2.33 bits per heavy atom. The van der Waals surface area contributed by atoms with Gasteiger partial charge < -0.3 is 15.4 Å². The van der Waals surface area contributed by atoms with E-state index in [0.29, 0.717) is 5.92 Å². The van der Waals surface area contributed by atoms with E-state index in [1.807, 2.05) is 25.7 Å². The van der Waals surface area contributed by atoms with Gasteiger partial charge in [0.15, 0.2) is 0 Å². The van der Waals surface area contributed by atoms with Crippen LogP contribution in [0.2, 0.25) is 0 Å². The molecular weight excluding hydrogens is 228 g/mol. The SMILES string of the molecule is CC(C)(C)OC(=O)N1CCC1C(N)C1CCCC1. The molecule has 2 rings (SSSR count). The van der Waals surface area contributed by atoms with Gasteiger partial charge in [-0.2, -0.15) is 0 Å². The number of rotatable bonds is 2. The first-order valence-corrected chi connectivity index (χ1v) is 7.14. The summed E-state index contributed by atoms with van der Waals surface area (Å²) in [6.07, 6.45) is 5.85. The average Bonchev–Trinajstić information content (AvgIpc) is 2.64. The second-order valence-electron chi connectivity index (χ2n) is 6.65. The molecule has 0 aromatic carbocycles. The van der Waals surface area contributed by atoms with E-state index in [2.05, 4.69) is 0 Å². The van der Waals surface area contributed by atoms with Crippen LogP contribution in [-0.4, -0.2) is 35.2 Å².